The van der Waals surface area contributed by atoms with Gasteiger partial charge in [-0.3, -0.25) is 4.79 Å². The van der Waals surface area contributed by atoms with Gasteiger partial charge in [0.15, 0.2) is 0 Å². The summed E-state index contributed by atoms with van der Waals surface area (Å²) in [7, 11) is 1.81. The number of anilines is 1. The maximum Gasteiger partial charge on any atom is 0.241 e. The lowest BCUT2D eigenvalue weighted by Crippen LogP contribution is -2.34. The summed E-state index contributed by atoms with van der Waals surface area (Å²) < 4.78 is 0. The highest BCUT2D eigenvalue weighted by molar-refractivity contribution is 5.82. The van der Waals surface area contributed by atoms with Crippen LogP contribution in [-0.4, -0.2) is 37.5 Å². The quantitative estimate of drug-likeness (QED) is 0.847. The summed E-state index contributed by atoms with van der Waals surface area (Å²) >= 11 is 0. The SMILES string of the molecule is CN1CCCN(c2ccc(CN)cc2C#N)CC1=O. The van der Waals surface area contributed by atoms with Gasteiger partial charge in [-0.15, -0.1) is 0 Å². The van der Waals surface area contributed by atoms with Crippen molar-refractivity contribution in [3.63, 3.8) is 0 Å². The van der Waals surface area contributed by atoms with Gasteiger partial charge in [0.25, 0.3) is 0 Å². The molecule has 0 radical (unpaired) electrons. The molecule has 0 spiro atoms. The number of carbonyl (C=O) groups excluding carboxylic acids is 1. The lowest BCUT2D eigenvalue weighted by Gasteiger charge is -2.23. The summed E-state index contributed by atoms with van der Waals surface area (Å²) in [5.41, 5.74) is 7.92. The van der Waals surface area contributed by atoms with Gasteiger partial charge in [-0.05, 0) is 24.1 Å². The van der Waals surface area contributed by atoms with Crippen molar-refractivity contribution in [2.45, 2.75) is 13.0 Å². The molecule has 1 saturated heterocycles. The Morgan fingerprint density at radius 1 is 1.42 bits per heavy atom. The molecule has 5 heteroatoms. The maximum atomic E-state index is 11.9. The largest absolute Gasteiger partial charge is 0.361 e. The number of carbonyl (C=O) groups is 1. The molecule has 0 saturated carbocycles. The van der Waals surface area contributed by atoms with E-state index in [4.69, 9.17) is 5.73 Å². The van der Waals surface area contributed by atoms with Gasteiger partial charge in [0.1, 0.15) is 6.07 Å². The zero-order valence-corrected chi connectivity index (χ0v) is 11.1. The van der Waals surface area contributed by atoms with Gasteiger partial charge in [0, 0.05) is 26.7 Å². The number of nitrogens with zero attached hydrogens (tertiary/aromatic N) is 3. The van der Waals surface area contributed by atoms with Crippen molar-refractivity contribution in [1.82, 2.24) is 4.90 Å². The predicted octanol–water partition coefficient (Wildman–Crippen LogP) is 0.685. The highest BCUT2D eigenvalue weighted by Gasteiger charge is 2.21. The van der Waals surface area contributed by atoms with E-state index in [9.17, 15) is 10.1 Å². The number of likely N-dealkylation sites (N-methyl/N-ethyl adjacent to an activating group) is 1. The van der Waals surface area contributed by atoms with Gasteiger partial charge in [0.05, 0.1) is 17.8 Å². The molecule has 1 heterocycles. The number of rotatable bonds is 2. The van der Waals surface area contributed by atoms with Crippen LogP contribution in [-0.2, 0) is 11.3 Å². The summed E-state index contributed by atoms with van der Waals surface area (Å²) in [4.78, 5) is 15.6. The standard InChI is InChI=1S/C14H18N4O/c1-17-5-2-6-18(10-14(17)19)13-4-3-11(8-15)7-12(13)9-16/h3-4,7H,2,5-6,8,10,15H2,1H3. The van der Waals surface area contributed by atoms with Crippen LogP contribution in [0.5, 0.6) is 0 Å². The zero-order valence-electron chi connectivity index (χ0n) is 11.1. The summed E-state index contributed by atoms with van der Waals surface area (Å²) in [5.74, 6) is 0.0873. The molecule has 1 aromatic carbocycles. The van der Waals surface area contributed by atoms with Crippen molar-refractivity contribution in [3.05, 3.63) is 29.3 Å². The first-order valence-electron chi connectivity index (χ1n) is 6.37. The highest BCUT2D eigenvalue weighted by atomic mass is 16.2. The second kappa shape index (κ2) is 5.72. The van der Waals surface area contributed by atoms with Crippen molar-refractivity contribution in [3.8, 4) is 6.07 Å². The van der Waals surface area contributed by atoms with E-state index in [0.717, 1.165) is 30.8 Å². The molecule has 2 N–H and O–H groups in total. The molecule has 5 nitrogen and oxygen atoms in total. The van der Waals surface area contributed by atoms with Crippen LogP contribution in [0.2, 0.25) is 0 Å². The Labute approximate surface area is 113 Å². The van der Waals surface area contributed by atoms with Crippen molar-refractivity contribution >= 4 is 11.6 Å². The average Bonchev–Trinajstić information content (AvgIpc) is 2.60. The number of amides is 1. The Kier molecular flexibility index (Phi) is 4.03. The molecule has 1 aliphatic rings. The number of hydrogen-bond donors (Lipinski definition) is 1. The van der Waals surface area contributed by atoms with E-state index in [1.54, 1.807) is 11.0 Å². The van der Waals surface area contributed by atoms with Crippen molar-refractivity contribution < 1.29 is 4.79 Å². The summed E-state index contributed by atoms with van der Waals surface area (Å²) in [6.45, 7) is 2.29. The molecule has 0 aliphatic carbocycles. The van der Waals surface area contributed by atoms with E-state index in [2.05, 4.69) is 6.07 Å². The van der Waals surface area contributed by atoms with E-state index in [1.165, 1.54) is 0 Å². The normalized spacial score (nSPS) is 16.2. The Morgan fingerprint density at radius 3 is 2.89 bits per heavy atom. The third-order valence-electron chi connectivity index (χ3n) is 3.43. The van der Waals surface area contributed by atoms with Crippen molar-refractivity contribution in [2.75, 3.05) is 31.6 Å². The van der Waals surface area contributed by atoms with Gasteiger partial charge < -0.3 is 15.5 Å². The molecule has 100 valence electrons. The highest BCUT2D eigenvalue weighted by Crippen LogP contribution is 2.23. The molecule has 2 rings (SSSR count). The number of nitrogens with two attached hydrogens (primary N) is 1. The van der Waals surface area contributed by atoms with E-state index >= 15 is 0 Å². The summed E-state index contributed by atoms with van der Waals surface area (Å²) in [6.07, 6.45) is 0.908. The molecule has 19 heavy (non-hydrogen) atoms. The molecule has 1 aromatic rings. The molecule has 1 fully saturated rings. The smallest absolute Gasteiger partial charge is 0.241 e. The van der Waals surface area contributed by atoms with E-state index in [0.29, 0.717) is 18.7 Å². The Morgan fingerprint density at radius 2 is 2.21 bits per heavy atom. The van der Waals surface area contributed by atoms with E-state index in [1.807, 2.05) is 24.1 Å². The fourth-order valence-corrected chi connectivity index (χ4v) is 2.27. The lowest BCUT2D eigenvalue weighted by molar-refractivity contribution is -0.127. The molecule has 0 unspecified atom stereocenters. The molecule has 1 amide bonds. The third-order valence-corrected chi connectivity index (χ3v) is 3.43. The van der Waals surface area contributed by atoms with Crippen LogP contribution in [0.1, 0.15) is 17.5 Å². The van der Waals surface area contributed by atoms with Gasteiger partial charge in [-0.1, -0.05) is 6.07 Å². The third kappa shape index (κ3) is 2.85. The van der Waals surface area contributed by atoms with Crippen molar-refractivity contribution in [2.24, 2.45) is 5.73 Å². The predicted molar refractivity (Wildman–Crippen MR) is 73.5 cm³/mol. The van der Waals surface area contributed by atoms with E-state index < -0.39 is 0 Å². The fraction of sp³-hybridized carbons (Fsp3) is 0.429. The second-order valence-corrected chi connectivity index (χ2v) is 4.76. The monoisotopic (exact) mass is 258 g/mol. The average molecular weight is 258 g/mol. The van der Waals surface area contributed by atoms with Crippen LogP contribution in [0.4, 0.5) is 5.69 Å². The van der Waals surface area contributed by atoms with Gasteiger partial charge in [-0.25, -0.2) is 0 Å². The first-order chi connectivity index (χ1) is 9.15. The maximum absolute atomic E-state index is 11.9. The van der Waals surface area contributed by atoms with Gasteiger partial charge in [0.2, 0.25) is 5.91 Å². The van der Waals surface area contributed by atoms with Crippen LogP contribution in [0, 0.1) is 11.3 Å². The minimum absolute atomic E-state index is 0.0873. The number of hydrogen-bond acceptors (Lipinski definition) is 4. The Hall–Kier alpha value is -2.06. The molecule has 0 bridgehead atoms. The summed E-state index contributed by atoms with van der Waals surface area (Å²) in [5, 5.41) is 9.24. The first kappa shape index (κ1) is 13.4. The number of nitriles is 1. The lowest BCUT2D eigenvalue weighted by atomic mass is 10.1. The van der Waals surface area contributed by atoms with Crippen LogP contribution in [0.25, 0.3) is 0 Å². The van der Waals surface area contributed by atoms with Crippen LogP contribution >= 0.6 is 0 Å². The Bertz CT molecular complexity index is 521. The van der Waals surface area contributed by atoms with Crippen molar-refractivity contribution in [1.29, 1.82) is 5.26 Å². The molecular weight excluding hydrogens is 240 g/mol. The zero-order chi connectivity index (χ0) is 13.8. The van der Waals surface area contributed by atoms with Crippen LogP contribution in [0.15, 0.2) is 18.2 Å². The van der Waals surface area contributed by atoms with E-state index in [-0.39, 0.29) is 5.91 Å². The molecule has 0 atom stereocenters. The van der Waals surface area contributed by atoms with Gasteiger partial charge >= 0.3 is 0 Å². The number of benzene rings is 1. The minimum Gasteiger partial charge on any atom is -0.361 e. The Balaban J connectivity index is 2.30. The van der Waals surface area contributed by atoms with Crippen LogP contribution in [0.3, 0.4) is 0 Å². The first-order valence-corrected chi connectivity index (χ1v) is 6.37. The molecular formula is C14H18N4O. The van der Waals surface area contributed by atoms with Crippen LogP contribution < -0.4 is 10.6 Å². The minimum atomic E-state index is 0.0873. The topological polar surface area (TPSA) is 73.4 Å². The molecule has 1 aliphatic heterocycles. The summed E-state index contributed by atoms with van der Waals surface area (Å²) in [6, 6.07) is 7.79. The fourth-order valence-electron chi connectivity index (χ4n) is 2.27. The second-order valence-electron chi connectivity index (χ2n) is 4.76. The van der Waals surface area contributed by atoms with Gasteiger partial charge in [-0.2, -0.15) is 5.26 Å². The molecule has 0 aromatic heterocycles.